The third-order valence-corrected chi connectivity index (χ3v) is 4.85. The van der Waals surface area contributed by atoms with Gasteiger partial charge in [0.2, 0.25) is 0 Å². The van der Waals surface area contributed by atoms with Gasteiger partial charge in [0.15, 0.2) is 0 Å². The predicted octanol–water partition coefficient (Wildman–Crippen LogP) is 3.29. The largest absolute Gasteiger partial charge is 0.428 e. The topological polar surface area (TPSA) is 72.2 Å². The van der Waals surface area contributed by atoms with Crippen LogP contribution in [0.3, 0.4) is 0 Å². The monoisotopic (exact) mass is 328 g/mol. The van der Waals surface area contributed by atoms with Gasteiger partial charge in [-0.05, 0) is 31.4 Å². The molecule has 0 amide bonds. The molecule has 1 heterocycles. The molecule has 0 fully saturated rings. The van der Waals surface area contributed by atoms with Crippen molar-refractivity contribution in [3.05, 3.63) is 41.3 Å². The van der Waals surface area contributed by atoms with Crippen molar-refractivity contribution in [1.29, 1.82) is 0 Å². The summed E-state index contributed by atoms with van der Waals surface area (Å²) in [6.07, 6.45) is 0.865. The molecule has 0 aliphatic heterocycles. The molecule has 2 aromatic rings. The Kier molecular flexibility index (Phi) is 3.86. The standard InChI is InChI=1S/C14H14F2N2O3S/c15-13(16)9-5-7-10(8-6-9)22(19,20)18-14-17-11-3-1-2-4-12(11)21-14/h5-8,13H,1-4H2,(H,17,18). The van der Waals surface area contributed by atoms with Gasteiger partial charge in [0.1, 0.15) is 5.76 Å². The molecule has 118 valence electrons. The maximum Gasteiger partial charge on any atom is 0.309 e. The van der Waals surface area contributed by atoms with Crippen LogP contribution in [0.4, 0.5) is 14.8 Å². The summed E-state index contributed by atoms with van der Waals surface area (Å²) >= 11 is 0. The van der Waals surface area contributed by atoms with Gasteiger partial charge >= 0.3 is 6.01 Å². The molecule has 8 heteroatoms. The maximum atomic E-state index is 12.5. The van der Waals surface area contributed by atoms with Crippen molar-refractivity contribution in [3.63, 3.8) is 0 Å². The van der Waals surface area contributed by atoms with Crippen LogP contribution in [0.15, 0.2) is 33.6 Å². The molecule has 0 radical (unpaired) electrons. The summed E-state index contributed by atoms with van der Waals surface area (Å²) in [5.74, 6) is 0.706. The third kappa shape index (κ3) is 2.96. The van der Waals surface area contributed by atoms with Crippen molar-refractivity contribution in [2.45, 2.75) is 37.0 Å². The highest BCUT2D eigenvalue weighted by atomic mass is 32.2. The molecule has 5 nitrogen and oxygen atoms in total. The van der Waals surface area contributed by atoms with Crippen molar-refractivity contribution in [1.82, 2.24) is 4.98 Å². The van der Waals surface area contributed by atoms with Crippen LogP contribution in [0, 0.1) is 0 Å². The number of nitrogens with zero attached hydrogens (tertiary/aromatic N) is 1. The quantitative estimate of drug-likeness (QED) is 0.935. The highest BCUT2D eigenvalue weighted by molar-refractivity contribution is 7.92. The normalized spacial score (nSPS) is 14.9. The number of aryl methyl sites for hydroxylation is 2. The third-order valence-electron chi connectivity index (χ3n) is 3.51. The van der Waals surface area contributed by atoms with Gasteiger partial charge in [-0.15, -0.1) is 0 Å². The van der Waals surface area contributed by atoms with E-state index in [4.69, 9.17) is 4.42 Å². The van der Waals surface area contributed by atoms with Gasteiger partial charge in [-0.25, -0.2) is 21.9 Å². The van der Waals surface area contributed by atoms with Crippen molar-refractivity contribution in [2.24, 2.45) is 0 Å². The minimum Gasteiger partial charge on any atom is -0.428 e. The number of nitrogens with one attached hydrogen (secondary N) is 1. The number of alkyl halides is 2. The van der Waals surface area contributed by atoms with Crippen LogP contribution in [-0.4, -0.2) is 13.4 Å². The number of rotatable bonds is 4. The molecule has 22 heavy (non-hydrogen) atoms. The zero-order chi connectivity index (χ0) is 15.7. The first-order valence-corrected chi connectivity index (χ1v) is 8.33. The minimum atomic E-state index is -3.91. The second-order valence-corrected chi connectivity index (χ2v) is 6.75. The Morgan fingerprint density at radius 3 is 2.45 bits per heavy atom. The average Bonchev–Trinajstić information content (AvgIpc) is 2.88. The number of sulfonamides is 1. The molecule has 0 spiro atoms. The zero-order valence-corrected chi connectivity index (χ0v) is 12.4. The number of aromatic nitrogens is 1. The van der Waals surface area contributed by atoms with Gasteiger partial charge in [0, 0.05) is 12.0 Å². The molecule has 0 bridgehead atoms. The molecule has 1 N–H and O–H groups in total. The van der Waals surface area contributed by atoms with E-state index < -0.39 is 16.4 Å². The van der Waals surface area contributed by atoms with Crippen LogP contribution in [0.1, 0.15) is 36.3 Å². The number of anilines is 1. The van der Waals surface area contributed by atoms with Gasteiger partial charge in [-0.1, -0.05) is 12.1 Å². The lowest BCUT2D eigenvalue weighted by Crippen LogP contribution is -2.13. The molecule has 0 atom stereocenters. The summed E-state index contributed by atoms with van der Waals surface area (Å²) in [6, 6.07) is 4.35. The van der Waals surface area contributed by atoms with E-state index in [9.17, 15) is 17.2 Å². The Balaban J connectivity index is 1.82. The summed E-state index contributed by atoms with van der Waals surface area (Å²) in [5, 5.41) is 0. The van der Waals surface area contributed by atoms with E-state index in [-0.39, 0.29) is 16.5 Å². The van der Waals surface area contributed by atoms with Crippen molar-refractivity contribution in [2.75, 3.05) is 4.72 Å². The summed E-state index contributed by atoms with van der Waals surface area (Å²) in [5.41, 5.74) is 0.544. The predicted molar refractivity (Wildman–Crippen MR) is 75.4 cm³/mol. The first kappa shape index (κ1) is 15.0. The van der Waals surface area contributed by atoms with Crippen LogP contribution >= 0.6 is 0 Å². The highest BCUT2D eigenvalue weighted by Crippen LogP contribution is 2.26. The Morgan fingerprint density at radius 2 is 1.82 bits per heavy atom. The van der Waals surface area contributed by atoms with Crippen LogP contribution in [0.25, 0.3) is 0 Å². The van der Waals surface area contributed by atoms with Crippen LogP contribution in [0.5, 0.6) is 0 Å². The fourth-order valence-corrected chi connectivity index (χ4v) is 3.29. The van der Waals surface area contributed by atoms with E-state index in [1.165, 1.54) is 0 Å². The Labute approximate surface area is 126 Å². The summed E-state index contributed by atoms with van der Waals surface area (Å²) < 4.78 is 57.0. The van der Waals surface area contributed by atoms with E-state index in [1.807, 2.05) is 0 Å². The Morgan fingerprint density at radius 1 is 1.14 bits per heavy atom. The Bertz CT molecular complexity index is 746. The van der Waals surface area contributed by atoms with Crippen molar-refractivity contribution in [3.8, 4) is 0 Å². The van der Waals surface area contributed by atoms with Crippen LogP contribution in [0.2, 0.25) is 0 Å². The van der Waals surface area contributed by atoms with E-state index in [0.717, 1.165) is 55.6 Å². The summed E-state index contributed by atoms with van der Waals surface area (Å²) in [6.45, 7) is 0. The van der Waals surface area contributed by atoms with Crippen molar-refractivity contribution < 1.29 is 21.6 Å². The second kappa shape index (κ2) is 5.68. The fourth-order valence-electron chi connectivity index (χ4n) is 2.36. The number of halogens is 2. The number of benzene rings is 1. The highest BCUT2D eigenvalue weighted by Gasteiger charge is 2.22. The van der Waals surface area contributed by atoms with Gasteiger partial charge in [0.05, 0.1) is 10.6 Å². The molecule has 1 aromatic heterocycles. The SMILES string of the molecule is O=S(=O)(Nc1nc2c(o1)CCCC2)c1ccc(C(F)F)cc1. The molecule has 1 aliphatic rings. The number of fused-ring (bicyclic) bond motifs is 1. The first-order chi connectivity index (χ1) is 10.5. The lowest BCUT2D eigenvalue weighted by atomic mass is 10.0. The molecule has 0 unspecified atom stereocenters. The lowest BCUT2D eigenvalue weighted by molar-refractivity contribution is 0.151. The number of oxazole rings is 1. The van der Waals surface area contributed by atoms with Gasteiger partial charge in [-0.3, -0.25) is 0 Å². The smallest absolute Gasteiger partial charge is 0.309 e. The molecule has 1 aromatic carbocycles. The summed E-state index contributed by atoms with van der Waals surface area (Å²) in [4.78, 5) is 4.01. The van der Waals surface area contributed by atoms with E-state index >= 15 is 0 Å². The number of hydrogen-bond donors (Lipinski definition) is 1. The first-order valence-electron chi connectivity index (χ1n) is 6.85. The van der Waals surface area contributed by atoms with E-state index in [1.54, 1.807) is 0 Å². The molecular weight excluding hydrogens is 314 g/mol. The van der Waals surface area contributed by atoms with Gasteiger partial charge in [0.25, 0.3) is 16.4 Å². The zero-order valence-electron chi connectivity index (χ0n) is 11.6. The average molecular weight is 328 g/mol. The Hall–Kier alpha value is -1.96. The molecular formula is C14H14F2N2O3S. The molecule has 0 saturated heterocycles. The minimum absolute atomic E-state index is 0.0789. The second-order valence-electron chi connectivity index (χ2n) is 5.07. The van der Waals surface area contributed by atoms with Gasteiger partial charge in [-0.2, -0.15) is 4.98 Å². The number of hydrogen-bond acceptors (Lipinski definition) is 4. The van der Waals surface area contributed by atoms with E-state index in [2.05, 4.69) is 9.71 Å². The molecule has 0 saturated carbocycles. The molecule has 3 rings (SSSR count). The maximum absolute atomic E-state index is 12.5. The van der Waals surface area contributed by atoms with E-state index in [0.29, 0.717) is 5.76 Å². The van der Waals surface area contributed by atoms with Crippen molar-refractivity contribution >= 4 is 16.0 Å². The van der Waals surface area contributed by atoms with Crippen LogP contribution in [-0.2, 0) is 22.9 Å². The molecule has 1 aliphatic carbocycles. The van der Waals surface area contributed by atoms with Gasteiger partial charge < -0.3 is 4.42 Å². The fraction of sp³-hybridized carbons (Fsp3) is 0.357. The lowest BCUT2D eigenvalue weighted by Gasteiger charge is -2.06. The van der Waals surface area contributed by atoms with Crippen LogP contribution < -0.4 is 4.72 Å². The summed E-state index contributed by atoms with van der Waals surface area (Å²) in [7, 11) is -3.91.